The number of furan rings is 1. The maximum absolute atomic E-state index is 6.29. The van der Waals surface area contributed by atoms with E-state index in [1.165, 1.54) is 0 Å². The Kier molecular flexibility index (Phi) is 5.64. The summed E-state index contributed by atoms with van der Waals surface area (Å²) in [7, 11) is 0. The average molecular weight is 412 g/mol. The van der Waals surface area contributed by atoms with Gasteiger partial charge in [-0.05, 0) is 67.2 Å². The highest BCUT2D eigenvalue weighted by molar-refractivity contribution is 7.80. The molecule has 1 saturated heterocycles. The van der Waals surface area contributed by atoms with Crippen molar-refractivity contribution in [2.45, 2.75) is 31.8 Å². The van der Waals surface area contributed by atoms with Gasteiger partial charge in [0.25, 0.3) is 0 Å². The molecule has 0 aliphatic carbocycles. The van der Waals surface area contributed by atoms with Gasteiger partial charge in [0.15, 0.2) is 5.11 Å². The molecule has 0 radical (unpaired) electrons. The lowest BCUT2D eigenvalue weighted by Gasteiger charge is -2.25. The zero-order chi connectivity index (χ0) is 19.5. The molecule has 28 heavy (non-hydrogen) atoms. The number of benzene rings is 1. The second-order valence-corrected chi connectivity index (χ2v) is 7.71. The second-order valence-electron chi connectivity index (χ2n) is 6.88. The second kappa shape index (κ2) is 8.33. The summed E-state index contributed by atoms with van der Waals surface area (Å²) in [5.74, 6) is 1.70. The molecule has 0 amide bonds. The Bertz CT molecular complexity index is 942. The van der Waals surface area contributed by atoms with Crippen molar-refractivity contribution in [3.8, 4) is 11.3 Å². The molecule has 0 bridgehead atoms. The lowest BCUT2D eigenvalue weighted by molar-refractivity contribution is 0.271. The van der Waals surface area contributed by atoms with Crippen LogP contribution in [0, 0.1) is 0 Å². The predicted octanol–water partition coefficient (Wildman–Crippen LogP) is 5.77. The summed E-state index contributed by atoms with van der Waals surface area (Å²) in [4.78, 5) is 6.78. The highest BCUT2D eigenvalue weighted by Gasteiger charge is 2.41. The standard InChI is InChI=1S/C22H22ClN3OS/c1-2-3-14-26-21(20(25-22(26)28)17-6-4-5-13-24-17)19-12-11-18(27-19)15-7-9-16(23)10-8-15/h4-13,20-21H,2-3,14H2,1H3,(H,25,28)/t20-,21+/m0/s1. The molecule has 3 heterocycles. The van der Waals surface area contributed by atoms with Gasteiger partial charge < -0.3 is 14.6 Å². The molecule has 1 N–H and O–H groups in total. The van der Waals surface area contributed by atoms with Gasteiger partial charge in [-0.3, -0.25) is 4.98 Å². The lowest BCUT2D eigenvalue weighted by atomic mass is 10.0. The number of aromatic nitrogens is 1. The van der Waals surface area contributed by atoms with E-state index in [-0.39, 0.29) is 12.1 Å². The minimum Gasteiger partial charge on any atom is -0.459 e. The summed E-state index contributed by atoms with van der Waals surface area (Å²) in [6.45, 7) is 3.07. The van der Waals surface area contributed by atoms with Crippen LogP contribution in [-0.4, -0.2) is 21.5 Å². The third-order valence-electron chi connectivity index (χ3n) is 5.00. The SMILES string of the molecule is CCCCN1C(=S)N[C@@H](c2ccccn2)[C@H]1c1ccc(-c2ccc(Cl)cc2)o1. The summed E-state index contributed by atoms with van der Waals surface area (Å²) < 4.78 is 6.29. The van der Waals surface area contributed by atoms with Crippen LogP contribution in [0.2, 0.25) is 5.02 Å². The van der Waals surface area contributed by atoms with Gasteiger partial charge in [-0.1, -0.05) is 31.0 Å². The van der Waals surface area contributed by atoms with Gasteiger partial charge in [-0.15, -0.1) is 0 Å². The summed E-state index contributed by atoms with van der Waals surface area (Å²) in [6, 6.07) is 17.6. The Labute approximate surface area is 175 Å². The predicted molar refractivity (Wildman–Crippen MR) is 116 cm³/mol. The smallest absolute Gasteiger partial charge is 0.170 e. The molecular formula is C22H22ClN3OS. The van der Waals surface area contributed by atoms with Crippen molar-refractivity contribution in [2.24, 2.45) is 0 Å². The van der Waals surface area contributed by atoms with E-state index in [0.29, 0.717) is 5.02 Å². The van der Waals surface area contributed by atoms with Crippen molar-refractivity contribution in [3.05, 3.63) is 77.3 Å². The fraction of sp³-hybridized carbons (Fsp3) is 0.273. The number of thiocarbonyl (C=S) groups is 1. The maximum Gasteiger partial charge on any atom is 0.170 e. The lowest BCUT2D eigenvalue weighted by Crippen LogP contribution is -2.30. The number of nitrogens with zero attached hydrogens (tertiary/aromatic N) is 2. The highest BCUT2D eigenvalue weighted by Crippen LogP contribution is 2.40. The third kappa shape index (κ3) is 3.77. The van der Waals surface area contributed by atoms with Crippen molar-refractivity contribution in [3.63, 3.8) is 0 Å². The molecule has 0 spiro atoms. The number of hydrogen-bond donors (Lipinski definition) is 1. The quantitative estimate of drug-likeness (QED) is 0.521. The molecule has 4 nitrogen and oxygen atoms in total. The molecule has 144 valence electrons. The van der Waals surface area contributed by atoms with E-state index in [4.69, 9.17) is 28.2 Å². The van der Waals surface area contributed by atoms with Crippen LogP contribution in [0.15, 0.2) is 65.2 Å². The number of halogens is 1. The molecule has 6 heteroatoms. The first-order valence-corrected chi connectivity index (χ1v) is 10.3. The Hall–Kier alpha value is -2.37. The van der Waals surface area contributed by atoms with Gasteiger partial charge in [-0.2, -0.15) is 0 Å². The van der Waals surface area contributed by atoms with Crippen LogP contribution < -0.4 is 5.32 Å². The molecule has 1 fully saturated rings. The minimum atomic E-state index is -0.0465. The molecule has 0 unspecified atom stereocenters. The largest absolute Gasteiger partial charge is 0.459 e. The van der Waals surface area contributed by atoms with Crippen molar-refractivity contribution >= 4 is 28.9 Å². The van der Waals surface area contributed by atoms with Gasteiger partial charge in [0.05, 0.1) is 11.7 Å². The number of unbranched alkanes of at least 4 members (excludes halogenated alkanes) is 1. The van der Waals surface area contributed by atoms with Crippen LogP contribution >= 0.6 is 23.8 Å². The molecule has 1 aromatic carbocycles. The van der Waals surface area contributed by atoms with Crippen LogP contribution in [-0.2, 0) is 0 Å². The van der Waals surface area contributed by atoms with E-state index in [1.807, 2.05) is 60.8 Å². The first-order chi connectivity index (χ1) is 13.7. The maximum atomic E-state index is 6.29. The summed E-state index contributed by atoms with van der Waals surface area (Å²) in [5.41, 5.74) is 1.96. The normalized spacial score (nSPS) is 19.1. The molecule has 0 saturated carbocycles. The van der Waals surface area contributed by atoms with Crippen LogP contribution in [0.1, 0.15) is 43.3 Å². The van der Waals surface area contributed by atoms with Gasteiger partial charge in [0.1, 0.15) is 17.6 Å². The summed E-state index contributed by atoms with van der Waals surface area (Å²) in [5, 5.41) is 4.91. The number of nitrogens with one attached hydrogen (secondary N) is 1. The fourth-order valence-electron chi connectivity index (χ4n) is 3.56. The van der Waals surface area contributed by atoms with Crippen LogP contribution in [0.4, 0.5) is 0 Å². The Morgan fingerprint density at radius 3 is 2.68 bits per heavy atom. The number of pyridine rings is 1. The molecule has 3 aromatic rings. The van der Waals surface area contributed by atoms with Crippen molar-refractivity contribution in [1.82, 2.24) is 15.2 Å². The van der Waals surface area contributed by atoms with E-state index in [1.54, 1.807) is 0 Å². The highest BCUT2D eigenvalue weighted by atomic mass is 35.5. The van der Waals surface area contributed by atoms with Crippen LogP contribution in [0.25, 0.3) is 11.3 Å². The topological polar surface area (TPSA) is 41.3 Å². The van der Waals surface area contributed by atoms with Crippen LogP contribution in [0.5, 0.6) is 0 Å². The first kappa shape index (κ1) is 19.0. The Balaban J connectivity index is 1.70. The van der Waals surface area contributed by atoms with Gasteiger partial charge in [0.2, 0.25) is 0 Å². The average Bonchev–Trinajstić information content (AvgIpc) is 3.32. The number of hydrogen-bond acceptors (Lipinski definition) is 3. The van der Waals surface area contributed by atoms with Gasteiger partial charge >= 0.3 is 0 Å². The molecule has 2 aromatic heterocycles. The van der Waals surface area contributed by atoms with Crippen LogP contribution in [0.3, 0.4) is 0 Å². The van der Waals surface area contributed by atoms with E-state index in [9.17, 15) is 0 Å². The minimum absolute atomic E-state index is 0.0324. The third-order valence-corrected chi connectivity index (χ3v) is 5.60. The summed E-state index contributed by atoms with van der Waals surface area (Å²) >= 11 is 11.7. The van der Waals surface area contributed by atoms with E-state index >= 15 is 0 Å². The molecule has 4 rings (SSSR count). The van der Waals surface area contributed by atoms with E-state index in [0.717, 1.165) is 47.3 Å². The summed E-state index contributed by atoms with van der Waals surface area (Å²) in [6.07, 6.45) is 3.99. The van der Waals surface area contributed by atoms with E-state index in [2.05, 4.69) is 22.1 Å². The Morgan fingerprint density at radius 1 is 1.14 bits per heavy atom. The Morgan fingerprint density at radius 2 is 1.96 bits per heavy atom. The van der Waals surface area contributed by atoms with Crippen molar-refractivity contribution < 1.29 is 4.42 Å². The monoisotopic (exact) mass is 411 g/mol. The zero-order valence-electron chi connectivity index (χ0n) is 15.6. The van der Waals surface area contributed by atoms with E-state index < -0.39 is 0 Å². The fourth-order valence-corrected chi connectivity index (χ4v) is 4.02. The van der Waals surface area contributed by atoms with Crippen molar-refractivity contribution in [1.29, 1.82) is 0 Å². The van der Waals surface area contributed by atoms with Crippen molar-refractivity contribution in [2.75, 3.05) is 6.54 Å². The first-order valence-electron chi connectivity index (χ1n) is 9.51. The van der Waals surface area contributed by atoms with Gasteiger partial charge in [0, 0.05) is 23.3 Å². The molecular weight excluding hydrogens is 390 g/mol. The zero-order valence-corrected chi connectivity index (χ0v) is 17.2. The number of rotatable bonds is 6. The molecule has 1 aliphatic heterocycles. The van der Waals surface area contributed by atoms with Gasteiger partial charge in [-0.25, -0.2) is 0 Å². The molecule has 1 aliphatic rings. The molecule has 2 atom stereocenters.